The number of hydrogen-bond donors (Lipinski definition) is 0. The SMILES string of the molecule is CCN(C)C=Nc1cc(C)c(C(=O)COc2ccc(Cl)c(Cl)c2)cc1C. The maximum Gasteiger partial charge on any atom is 0.200 e. The summed E-state index contributed by atoms with van der Waals surface area (Å²) in [6, 6.07) is 8.69. The molecule has 0 bridgehead atoms. The molecule has 4 nitrogen and oxygen atoms in total. The van der Waals surface area contributed by atoms with Gasteiger partial charge in [-0.05, 0) is 56.2 Å². The molecule has 2 aromatic carbocycles. The highest BCUT2D eigenvalue weighted by Gasteiger charge is 2.13. The lowest BCUT2D eigenvalue weighted by Crippen LogP contribution is -2.14. The molecule has 0 unspecified atom stereocenters. The number of aryl methyl sites for hydroxylation is 2. The lowest BCUT2D eigenvalue weighted by molar-refractivity contribution is 0.0921. The molecule has 0 radical (unpaired) electrons. The van der Waals surface area contributed by atoms with Crippen LogP contribution in [0.3, 0.4) is 0 Å². The van der Waals surface area contributed by atoms with E-state index in [-0.39, 0.29) is 12.4 Å². The van der Waals surface area contributed by atoms with E-state index in [1.807, 2.05) is 37.9 Å². The van der Waals surface area contributed by atoms with E-state index in [1.165, 1.54) is 0 Å². The summed E-state index contributed by atoms with van der Waals surface area (Å²) in [5.41, 5.74) is 3.29. The molecule has 6 heteroatoms. The average Bonchev–Trinajstić information content (AvgIpc) is 2.62. The number of benzene rings is 2. The van der Waals surface area contributed by atoms with Gasteiger partial charge < -0.3 is 9.64 Å². The van der Waals surface area contributed by atoms with E-state index >= 15 is 0 Å². The van der Waals surface area contributed by atoms with Crippen LogP contribution in [0.25, 0.3) is 0 Å². The zero-order chi connectivity index (χ0) is 19.3. The predicted molar refractivity (Wildman–Crippen MR) is 109 cm³/mol. The lowest BCUT2D eigenvalue weighted by Gasteiger charge is -2.12. The quantitative estimate of drug-likeness (QED) is 0.355. The van der Waals surface area contributed by atoms with Crippen molar-refractivity contribution < 1.29 is 9.53 Å². The van der Waals surface area contributed by atoms with Gasteiger partial charge in [-0.1, -0.05) is 23.2 Å². The van der Waals surface area contributed by atoms with Crippen molar-refractivity contribution in [3.05, 3.63) is 57.1 Å². The van der Waals surface area contributed by atoms with E-state index < -0.39 is 0 Å². The van der Waals surface area contributed by atoms with Crippen molar-refractivity contribution in [2.24, 2.45) is 4.99 Å². The van der Waals surface area contributed by atoms with Gasteiger partial charge in [-0.2, -0.15) is 0 Å². The van der Waals surface area contributed by atoms with Crippen LogP contribution in [0.2, 0.25) is 10.0 Å². The van der Waals surface area contributed by atoms with Crippen LogP contribution >= 0.6 is 23.2 Å². The molecule has 0 fully saturated rings. The standard InChI is InChI=1S/C20H22Cl2N2O2/c1-5-24(4)12-23-19-9-13(2)16(8-14(19)3)20(25)11-26-15-6-7-17(21)18(22)10-15/h6-10,12H,5,11H2,1-4H3. The number of halogens is 2. The van der Waals surface area contributed by atoms with Crippen LogP contribution in [-0.4, -0.2) is 37.2 Å². The number of ether oxygens (including phenoxy) is 1. The summed E-state index contributed by atoms with van der Waals surface area (Å²) in [6.45, 7) is 6.70. The fraction of sp³-hybridized carbons (Fsp3) is 0.300. The number of ketones is 1. The predicted octanol–water partition coefficient (Wildman–Crippen LogP) is 5.48. The molecule has 138 valence electrons. The third-order valence-electron chi connectivity index (χ3n) is 4.00. The van der Waals surface area contributed by atoms with Crippen LogP contribution in [0, 0.1) is 13.8 Å². The van der Waals surface area contributed by atoms with Crippen LogP contribution in [0.15, 0.2) is 35.3 Å². The molecule has 0 aliphatic carbocycles. The zero-order valence-corrected chi connectivity index (χ0v) is 16.9. The van der Waals surface area contributed by atoms with Gasteiger partial charge in [-0.15, -0.1) is 0 Å². The van der Waals surface area contributed by atoms with Gasteiger partial charge >= 0.3 is 0 Å². The van der Waals surface area contributed by atoms with Gasteiger partial charge in [0, 0.05) is 25.2 Å². The van der Waals surface area contributed by atoms with Gasteiger partial charge in [0.15, 0.2) is 12.4 Å². The minimum absolute atomic E-state index is 0.0700. The van der Waals surface area contributed by atoms with Crippen LogP contribution in [-0.2, 0) is 0 Å². The number of carbonyl (C=O) groups is 1. The molecule has 26 heavy (non-hydrogen) atoms. The molecule has 0 saturated heterocycles. The fourth-order valence-corrected chi connectivity index (χ4v) is 2.56. The Kier molecular flexibility index (Phi) is 7.06. The molecule has 2 aromatic rings. The molecule has 0 saturated carbocycles. The molecule has 0 aliphatic heterocycles. The number of aliphatic imine (C=N–C) groups is 1. The molecule has 0 N–H and O–H groups in total. The van der Waals surface area contributed by atoms with Crippen molar-refractivity contribution in [3.8, 4) is 5.75 Å². The lowest BCUT2D eigenvalue weighted by atomic mass is 10.0. The normalized spacial score (nSPS) is 11.0. The maximum absolute atomic E-state index is 12.5. The Hall–Kier alpha value is -2.04. The van der Waals surface area contributed by atoms with Crippen LogP contribution in [0.1, 0.15) is 28.4 Å². The van der Waals surface area contributed by atoms with E-state index in [2.05, 4.69) is 11.9 Å². The topological polar surface area (TPSA) is 41.9 Å². The van der Waals surface area contributed by atoms with Gasteiger partial charge in [-0.25, -0.2) is 4.99 Å². The Balaban J connectivity index is 2.12. The summed E-state index contributed by atoms with van der Waals surface area (Å²) in [6.07, 6.45) is 1.79. The number of carbonyl (C=O) groups excluding carboxylic acids is 1. The highest BCUT2D eigenvalue weighted by atomic mass is 35.5. The monoisotopic (exact) mass is 392 g/mol. The minimum Gasteiger partial charge on any atom is -0.485 e. The van der Waals surface area contributed by atoms with Gasteiger partial charge in [-0.3, -0.25) is 4.79 Å². The smallest absolute Gasteiger partial charge is 0.200 e. The molecule has 0 aliphatic rings. The number of Topliss-reactive ketones (excluding diaryl/α,β-unsaturated/α-hetero) is 1. The Bertz CT molecular complexity index is 835. The summed E-state index contributed by atoms with van der Waals surface area (Å²) in [5, 5.41) is 0.838. The summed E-state index contributed by atoms with van der Waals surface area (Å²) in [7, 11) is 1.96. The van der Waals surface area contributed by atoms with Crippen molar-refractivity contribution in [2.75, 3.05) is 20.2 Å². The highest BCUT2D eigenvalue weighted by Crippen LogP contribution is 2.27. The molecular weight excluding hydrogens is 371 g/mol. The Morgan fingerprint density at radius 2 is 1.88 bits per heavy atom. The van der Waals surface area contributed by atoms with Gasteiger partial charge in [0.05, 0.1) is 22.1 Å². The number of rotatable bonds is 7. The summed E-state index contributed by atoms with van der Waals surface area (Å²) in [4.78, 5) is 19.0. The second kappa shape index (κ2) is 9.06. The second-order valence-corrected chi connectivity index (χ2v) is 6.87. The first-order chi connectivity index (χ1) is 12.3. The van der Waals surface area contributed by atoms with Gasteiger partial charge in [0.25, 0.3) is 0 Å². The number of hydrogen-bond acceptors (Lipinski definition) is 3. The first-order valence-corrected chi connectivity index (χ1v) is 9.04. The van der Waals surface area contributed by atoms with E-state index in [0.29, 0.717) is 21.4 Å². The summed E-state index contributed by atoms with van der Waals surface area (Å²) < 4.78 is 5.55. The van der Waals surface area contributed by atoms with Crippen molar-refractivity contribution in [1.82, 2.24) is 4.90 Å². The first-order valence-electron chi connectivity index (χ1n) is 8.28. The molecular formula is C20H22Cl2N2O2. The van der Waals surface area contributed by atoms with Crippen LogP contribution in [0.4, 0.5) is 5.69 Å². The minimum atomic E-state index is -0.0992. The van der Waals surface area contributed by atoms with E-state index in [1.54, 1.807) is 24.5 Å². The molecule has 2 rings (SSSR count). The molecule has 0 spiro atoms. The molecule has 0 amide bonds. The third-order valence-corrected chi connectivity index (χ3v) is 4.74. The van der Waals surface area contributed by atoms with Crippen LogP contribution in [0.5, 0.6) is 5.75 Å². The molecule has 0 aromatic heterocycles. The van der Waals surface area contributed by atoms with E-state index in [0.717, 1.165) is 23.4 Å². The average molecular weight is 393 g/mol. The van der Waals surface area contributed by atoms with Crippen molar-refractivity contribution in [2.45, 2.75) is 20.8 Å². The fourth-order valence-electron chi connectivity index (χ4n) is 2.28. The first kappa shape index (κ1) is 20.3. The second-order valence-electron chi connectivity index (χ2n) is 6.06. The van der Waals surface area contributed by atoms with Crippen molar-refractivity contribution in [3.63, 3.8) is 0 Å². The Morgan fingerprint density at radius 3 is 2.54 bits per heavy atom. The summed E-state index contributed by atoms with van der Waals surface area (Å²) in [5.74, 6) is 0.406. The van der Waals surface area contributed by atoms with Gasteiger partial charge in [0.1, 0.15) is 5.75 Å². The Labute approximate surface area is 164 Å². The van der Waals surface area contributed by atoms with E-state index in [4.69, 9.17) is 27.9 Å². The molecule has 0 atom stereocenters. The zero-order valence-electron chi connectivity index (χ0n) is 15.3. The highest BCUT2D eigenvalue weighted by molar-refractivity contribution is 6.42. The Morgan fingerprint density at radius 1 is 1.15 bits per heavy atom. The number of nitrogens with zero attached hydrogens (tertiary/aromatic N) is 2. The van der Waals surface area contributed by atoms with Crippen molar-refractivity contribution >= 4 is 41.0 Å². The third kappa shape index (κ3) is 5.23. The van der Waals surface area contributed by atoms with Crippen LogP contribution < -0.4 is 4.74 Å². The largest absolute Gasteiger partial charge is 0.485 e. The molecule has 0 heterocycles. The van der Waals surface area contributed by atoms with E-state index in [9.17, 15) is 4.79 Å². The maximum atomic E-state index is 12.5. The summed E-state index contributed by atoms with van der Waals surface area (Å²) >= 11 is 11.8. The van der Waals surface area contributed by atoms with Crippen molar-refractivity contribution in [1.29, 1.82) is 0 Å². The van der Waals surface area contributed by atoms with Gasteiger partial charge in [0.2, 0.25) is 0 Å².